The SMILES string of the molecule is CC(CC1COCCN1)NC1CCCC(CO)C1. The molecule has 3 N–H and O–H groups in total. The summed E-state index contributed by atoms with van der Waals surface area (Å²) in [6.07, 6.45) is 5.96. The maximum atomic E-state index is 9.25. The smallest absolute Gasteiger partial charge is 0.0620 e. The molecule has 0 radical (unpaired) electrons. The summed E-state index contributed by atoms with van der Waals surface area (Å²) in [6.45, 7) is 5.28. The molecule has 0 aromatic rings. The van der Waals surface area contributed by atoms with Gasteiger partial charge in [-0.15, -0.1) is 0 Å². The van der Waals surface area contributed by atoms with Gasteiger partial charge in [0.05, 0.1) is 13.2 Å². The van der Waals surface area contributed by atoms with E-state index in [4.69, 9.17) is 4.74 Å². The van der Waals surface area contributed by atoms with Gasteiger partial charge in [-0.05, 0) is 38.5 Å². The lowest BCUT2D eigenvalue weighted by atomic mass is 9.86. The fourth-order valence-corrected chi connectivity index (χ4v) is 3.28. The first-order valence-electron chi connectivity index (χ1n) is 7.46. The number of aliphatic hydroxyl groups excluding tert-OH is 1. The van der Waals surface area contributed by atoms with Crippen LogP contribution in [0.1, 0.15) is 39.0 Å². The molecule has 2 rings (SSSR count). The van der Waals surface area contributed by atoms with E-state index in [1.165, 1.54) is 19.3 Å². The minimum absolute atomic E-state index is 0.352. The summed E-state index contributed by atoms with van der Waals surface area (Å²) in [7, 11) is 0. The number of hydrogen-bond donors (Lipinski definition) is 3. The van der Waals surface area contributed by atoms with Gasteiger partial charge in [-0.2, -0.15) is 0 Å². The van der Waals surface area contributed by atoms with Crippen molar-refractivity contribution in [1.82, 2.24) is 10.6 Å². The largest absolute Gasteiger partial charge is 0.396 e. The number of rotatable bonds is 5. The van der Waals surface area contributed by atoms with Crippen LogP contribution in [-0.4, -0.2) is 49.6 Å². The number of hydrogen-bond acceptors (Lipinski definition) is 4. The van der Waals surface area contributed by atoms with E-state index in [9.17, 15) is 5.11 Å². The van der Waals surface area contributed by atoms with E-state index in [1.54, 1.807) is 0 Å². The molecule has 18 heavy (non-hydrogen) atoms. The maximum absolute atomic E-state index is 9.25. The maximum Gasteiger partial charge on any atom is 0.0620 e. The summed E-state index contributed by atoms with van der Waals surface area (Å²) in [5.74, 6) is 0.514. The molecular weight excluding hydrogens is 228 g/mol. The Hall–Kier alpha value is -0.160. The second kappa shape index (κ2) is 7.43. The Bertz CT molecular complexity index is 232. The van der Waals surface area contributed by atoms with Crippen LogP contribution < -0.4 is 10.6 Å². The lowest BCUT2D eigenvalue weighted by molar-refractivity contribution is 0.0699. The molecule has 0 aromatic heterocycles. The summed E-state index contributed by atoms with van der Waals surface area (Å²) in [5, 5.41) is 16.5. The average molecular weight is 256 g/mol. The molecule has 0 aromatic carbocycles. The van der Waals surface area contributed by atoms with Gasteiger partial charge in [0.15, 0.2) is 0 Å². The van der Waals surface area contributed by atoms with E-state index in [0.29, 0.717) is 30.7 Å². The van der Waals surface area contributed by atoms with Crippen molar-refractivity contribution in [2.24, 2.45) is 5.92 Å². The first-order valence-corrected chi connectivity index (χ1v) is 7.46. The molecule has 4 unspecified atom stereocenters. The standard InChI is InChI=1S/C14H28N2O2/c1-11(7-14-10-18-6-5-15-14)16-13-4-2-3-12(8-13)9-17/h11-17H,2-10H2,1H3. The van der Waals surface area contributed by atoms with Crippen LogP contribution in [0.3, 0.4) is 0 Å². The zero-order chi connectivity index (χ0) is 12.8. The molecule has 0 amide bonds. The molecule has 0 spiro atoms. The van der Waals surface area contributed by atoms with Gasteiger partial charge >= 0.3 is 0 Å². The summed E-state index contributed by atoms with van der Waals surface area (Å²) >= 11 is 0. The predicted octanol–water partition coefficient (Wildman–Crippen LogP) is 0.894. The van der Waals surface area contributed by atoms with Crippen LogP contribution in [0.2, 0.25) is 0 Å². The average Bonchev–Trinajstić information content (AvgIpc) is 2.40. The van der Waals surface area contributed by atoms with Gasteiger partial charge in [0.1, 0.15) is 0 Å². The Kier molecular flexibility index (Phi) is 5.89. The molecule has 1 aliphatic heterocycles. The van der Waals surface area contributed by atoms with Crippen molar-refractivity contribution in [3.8, 4) is 0 Å². The van der Waals surface area contributed by atoms with Crippen molar-refractivity contribution in [1.29, 1.82) is 0 Å². The van der Waals surface area contributed by atoms with Crippen molar-refractivity contribution >= 4 is 0 Å². The van der Waals surface area contributed by atoms with Crippen molar-refractivity contribution in [3.05, 3.63) is 0 Å². The predicted molar refractivity (Wildman–Crippen MR) is 72.7 cm³/mol. The molecule has 4 atom stereocenters. The molecular formula is C14H28N2O2. The summed E-state index contributed by atoms with van der Waals surface area (Å²) in [4.78, 5) is 0. The quantitative estimate of drug-likeness (QED) is 0.684. The molecule has 4 nitrogen and oxygen atoms in total. The third-order valence-electron chi connectivity index (χ3n) is 4.20. The number of aliphatic hydroxyl groups is 1. The zero-order valence-corrected chi connectivity index (χ0v) is 11.5. The molecule has 1 heterocycles. The van der Waals surface area contributed by atoms with Gasteiger partial charge in [-0.25, -0.2) is 0 Å². The fraction of sp³-hybridized carbons (Fsp3) is 1.00. The monoisotopic (exact) mass is 256 g/mol. The van der Waals surface area contributed by atoms with Crippen LogP contribution in [0, 0.1) is 5.92 Å². The normalized spacial score (nSPS) is 35.3. The first-order chi connectivity index (χ1) is 8.78. The van der Waals surface area contributed by atoms with Gasteiger partial charge in [-0.3, -0.25) is 0 Å². The van der Waals surface area contributed by atoms with Crippen molar-refractivity contribution in [3.63, 3.8) is 0 Å². The van der Waals surface area contributed by atoms with Crippen LogP contribution in [0.5, 0.6) is 0 Å². The Balaban J connectivity index is 1.67. The lowest BCUT2D eigenvalue weighted by Gasteiger charge is -2.33. The number of ether oxygens (including phenoxy) is 1. The van der Waals surface area contributed by atoms with Gasteiger partial charge in [0, 0.05) is 31.3 Å². The van der Waals surface area contributed by atoms with Crippen LogP contribution >= 0.6 is 0 Å². The lowest BCUT2D eigenvalue weighted by Crippen LogP contribution is -2.47. The molecule has 2 aliphatic rings. The molecule has 2 fully saturated rings. The highest BCUT2D eigenvalue weighted by molar-refractivity contribution is 4.82. The van der Waals surface area contributed by atoms with E-state index in [2.05, 4.69) is 17.6 Å². The Morgan fingerprint density at radius 2 is 2.33 bits per heavy atom. The second-order valence-electron chi connectivity index (χ2n) is 5.94. The summed E-state index contributed by atoms with van der Waals surface area (Å²) in [6, 6.07) is 1.61. The van der Waals surface area contributed by atoms with Crippen LogP contribution in [-0.2, 0) is 4.74 Å². The van der Waals surface area contributed by atoms with E-state index >= 15 is 0 Å². The zero-order valence-electron chi connectivity index (χ0n) is 11.5. The third-order valence-corrected chi connectivity index (χ3v) is 4.20. The molecule has 4 heteroatoms. The van der Waals surface area contributed by atoms with Gasteiger partial charge in [0.2, 0.25) is 0 Å². The highest BCUT2D eigenvalue weighted by atomic mass is 16.5. The number of morpholine rings is 1. The van der Waals surface area contributed by atoms with Crippen molar-refractivity contribution < 1.29 is 9.84 Å². The van der Waals surface area contributed by atoms with Gasteiger partial charge in [0.25, 0.3) is 0 Å². The van der Waals surface area contributed by atoms with Crippen LogP contribution in [0.4, 0.5) is 0 Å². The Morgan fingerprint density at radius 1 is 1.44 bits per heavy atom. The topological polar surface area (TPSA) is 53.5 Å². The van der Waals surface area contributed by atoms with Crippen molar-refractivity contribution in [2.75, 3.05) is 26.4 Å². The van der Waals surface area contributed by atoms with E-state index < -0.39 is 0 Å². The van der Waals surface area contributed by atoms with Gasteiger partial charge in [-0.1, -0.05) is 6.42 Å². The highest BCUT2D eigenvalue weighted by Gasteiger charge is 2.23. The van der Waals surface area contributed by atoms with Crippen LogP contribution in [0.25, 0.3) is 0 Å². The Labute approximate surface area is 110 Å². The van der Waals surface area contributed by atoms with E-state index in [-0.39, 0.29) is 0 Å². The molecule has 1 saturated heterocycles. The van der Waals surface area contributed by atoms with Crippen molar-refractivity contribution in [2.45, 2.75) is 57.2 Å². The number of nitrogens with one attached hydrogen (secondary N) is 2. The van der Waals surface area contributed by atoms with Gasteiger partial charge < -0.3 is 20.5 Å². The molecule has 1 saturated carbocycles. The highest BCUT2D eigenvalue weighted by Crippen LogP contribution is 2.24. The minimum atomic E-state index is 0.352. The summed E-state index contributed by atoms with van der Waals surface area (Å²) in [5.41, 5.74) is 0. The first kappa shape index (κ1) is 14.3. The molecule has 106 valence electrons. The summed E-state index contributed by atoms with van der Waals surface area (Å²) < 4.78 is 5.48. The minimum Gasteiger partial charge on any atom is -0.396 e. The third kappa shape index (κ3) is 4.50. The second-order valence-corrected chi connectivity index (χ2v) is 5.94. The Morgan fingerprint density at radius 3 is 3.06 bits per heavy atom. The van der Waals surface area contributed by atoms with E-state index in [0.717, 1.165) is 32.6 Å². The molecule has 1 aliphatic carbocycles. The molecule has 0 bridgehead atoms. The fourth-order valence-electron chi connectivity index (χ4n) is 3.28. The van der Waals surface area contributed by atoms with E-state index in [1.807, 2.05) is 0 Å². The van der Waals surface area contributed by atoms with Crippen LogP contribution in [0.15, 0.2) is 0 Å².